The largest absolute Gasteiger partial charge is 0.352 e. The molecular formula is C21H27N3O3. The topological polar surface area (TPSA) is 69.7 Å². The van der Waals surface area contributed by atoms with Crippen LogP contribution in [0.3, 0.4) is 0 Å². The number of fused-ring (bicyclic) bond motifs is 2. The highest BCUT2D eigenvalue weighted by Gasteiger charge is 2.42. The van der Waals surface area contributed by atoms with Gasteiger partial charge in [0, 0.05) is 12.6 Å². The molecule has 1 aliphatic carbocycles. The lowest BCUT2D eigenvalue weighted by molar-refractivity contribution is -0.126. The average Bonchev–Trinajstić information content (AvgIpc) is 3.14. The summed E-state index contributed by atoms with van der Waals surface area (Å²) in [5.41, 5.74) is 1.06. The normalized spacial score (nSPS) is 27.8. The van der Waals surface area contributed by atoms with Crippen LogP contribution in [-0.2, 0) is 9.59 Å². The van der Waals surface area contributed by atoms with Gasteiger partial charge in [-0.3, -0.25) is 14.4 Å². The number of nitrogens with one attached hydrogen (secondary N) is 1. The maximum atomic E-state index is 13.2. The number of anilines is 1. The monoisotopic (exact) mass is 369 g/mol. The number of rotatable bonds is 3. The molecule has 4 rings (SSSR count). The van der Waals surface area contributed by atoms with Gasteiger partial charge >= 0.3 is 0 Å². The Hall–Kier alpha value is -2.37. The maximum absolute atomic E-state index is 13.2. The molecule has 3 atom stereocenters. The molecule has 2 aliphatic heterocycles. The lowest BCUT2D eigenvalue weighted by Gasteiger charge is -2.31. The van der Waals surface area contributed by atoms with E-state index in [0.717, 1.165) is 25.7 Å². The molecule has 0 aromatic heterocycles. The second kappa shape index (κ2) is 7.33. The van der Waals surface area contributed by atoms with Gasteiger partial charge in [-0.05, 0) is 43.7 Å². The van der Waals surface area contributed by atoms with Gasteiger partial charge in [0.25, 0.3) is 5.91 Å². The summed E-state index contributed by atoms with van der Waals surface area (Å²) in [5.74, 6) is 0.0698. The van der Waals surface area contributed by atoms with E-state index in [-0.39, 0.29) is 30.3 Å². The van der Waals surface area contributed by atoms with Crippen LogP contribution in [0.25, 0.3) is 0 Å². The van der Waals surface area contributed by atoms with Crippen molar-refractivity contribution in [1.29, 1.82) is 0 Å². The second-order valence-corrected chi connectivity index (χ2v) is 8.03. The average molecular weight is 369 g/mol. The van der Waals surface area contributed by atoms with E-state index >= 15 is 0 Å². The highest BCUT2D eigenvalue weighted by atomic mass is 16.2. The Morgan fingerprint density at radius 2 is 1.89 bits per heavy atom. The van der Waals surface area contributed by atoms with Gasteiger partial charge in [-0.1, -0.05) is 31.9 Å². The molecule has 0 spiro atoms. The number of carbonyl (C=O) groups is 3. The summed E-state index contributed by atoms with van der Waals surface area (Å²) in [4.78, 5) is 42.0. The number of benzene rings is 1. The lowest BCUT2D eigenvalue weighted by atomic mass is 9.86. The maximum Gasteiger partial charge on any atom is 0.256 e. The van der Waals surface area contributed by atoms with Crippen molar-refractivity contribution < 1.29 is 14.4 Å². The van der Waals surface area contributed by atoms with Gasteiger partial charge in [0.15, 0.2) is 0 Å². The van der Waals surface area contributed by atoms with Crippen molar-refractivity contribution in [3.05, 3.63) is 29.8 Å². The fraction of sp³-hybridized carbons (Fsp3) is 0.571. The summed E-state index contributed by atoms with van der Waals surface area (Å²) in [5, 5.41) is 3.13. The van der Waals surface area contributed by atoms with Crippen molar-refractivity contribution in [2.45, 2.75) is 57.5 Å². The van der Waals surface area contributed by atoms with Gasteiger partial charge in [-0.15, -0.1) is 0 Å². The molecule has 144 valence electrons. The smallest absolute Gasteiger partial charge is 0.256 e. The molecule has 1 aromatic rings. The number of nitrogens with zero attached hydrogens (tertiary/aromatic N) is 2. The Balaban J connectivity index is 1.58. The second-order valence-electron chi connectivity index (χ2n) is 8.03. The zero-order chi connectivity index (χ0) is 19.0. The first-order chi connectivity index (χ1) is 13.1. The summed E-state index contributed by atoms with van der Waals surface area (Å²) in [6, 6.07) is 6.85. The van der Waals surface area contributed by atoms with Gasteiger partial charge in [-0.25, -0.2) is 0 Å². The quantitative estimate of drug-likeness (QED) is 0.889. The van der Waals surface area contributed by atoms with Gasteiger partial charge in [-0.2, -0.15) is 0 Å². The molecule has 1 saturated heterocycles. The highest BCUT2D eigenvalue weighted by Crippen LogP contribution is 2.32. The molecule has 1 aromatic carbocycles. The number of amides is 3. The van der Waals surface area contributed by atoms with Crippen LogP contribution in [-0.4, -0.2) is 47.8 Å². The molecule has 0 unspecified atom stereocenters. The first-order valence-electron chi connectivity index (χ1n) is 10.1. The molecule has 1 saturated carbocycles. The first-order valence-corrected chi connectivity index (χ1v) is 10.1. The minimum absolute atomic E-state index is 0.0311. The van der Waals surface area contributed by atoms with Crippen molar-refractivity contribution in [3.8, 4) is 0 Å². The van der Waals surface area contributed by atoms with Crippen molar-refractivity contribution >= 4 is 23.4 Å². The number of carbonyl (C=O) groups excluding carboxylic acids is 3. The molecular weight excluding hydrogens is 342 g/mol. The predicted octanol–water partition coefficient (Wildman–Crippen LogP) is 2.33. The molecule has 3 amide bonds. The van der Waals surface area contributed by atoms with E-state index in [1.54, 1.807) is 23.1 Å². The molecule has 6 heteroatoms. The van der Waals surface area contributed by atoms with E-state index in [0.29, 0.717) is 30.1 Å². The minimum Gasteiger partial charge on any atom is -0.352 e. The number of para-hydroxylation sites is 1. The van der Waals surface area contributed by atoms with Crippen molar-refractivity contribution in [3.63, 3.8) is 0 Å². The lowest BCUT2D eigenvalue weighted by Crippen LogP contribution is -2.50. The van der Waals surface area contributed by atoms with Gasteiger partial charge in [0.05, 0.1) is 11.3 Å². The SMILES string of the molecule is C[C@@H]1CCCC[C@H]1NC(=O)CN1C(=O)[C@@H]2CCCN2C(=O)c2ccccc21. The summed E-state index contributed by atoms with van der Waals surface area (Å²) >= 11 is 0. The Kier molecular flexibility index (Phi) is 4.89. The molecule has 3 aliphatic rings. The molecule has 27 heavy (non-hydrogen) atoms. The van der Waals surface area contributed by atoms with E-state index in [1.807, 2.05) is 6.07 Å². The Labute approximate surface area is 159 Å². The third kappa shape index (κ3) is 3.33. The van der Waals surface area contributed by atoms with Crippen molar-refractivity contribution in [2.24, 2.45) is 5.92 Å². The molecule has 2 heterocycles. The fourth-order valence-electron chi connectivity index (χ4n) is 4.70. The summed E-state index contributed by atoms with van der Waals surface area (Å²) in [7, 11) is 0. The van der Waals surface area contributed by atoms with E-state index in [2.05, 4.69) is 12.2 Å². The van der Waals surface area contributed by atoms with Crippen molar-refractivity contribution in [1.82, 2.24) is 10.2 Å². The van der Waals surface area contributed by atoms with Crippen LogP contribution >= 0.6 is 0 Å². The van der Waals surface area contributed by atoms with Crippen LogP contribution < -0.4 is 10.2 Å². The van der Waals surface area contributed by atoms with Gasteiger partial charge in [0.2, 0.25) is 11.8 Å². The highest BCUT2D eigenvalue weighted by molar-refractivity contribution is 6.12. The first kappa shape index (κ1) is 18.0. The summed E-state index contributed by atoms with van der Waals surface area (Å²) in [6.45, 7) is 2.74. The standard InChI is InChI=1S/C21H27N3O3/c1-14-7-2-4-9-16(14)22-19(25)13-24-17-10-5-3-8-15(17)20(26)23-12-6-11-18(23)21(24)27/h3,5,8,10,14,16,18H,2,4,6-7,9,11-13H2,1H3,(H,22,25)/t14-,16-,18+/m1/s1. The van der Waals surface area contributed by atoms with E-state index < -0.39 is 6.04 Å². The van der Waals surface area contributed by atoms with Crippen LogP contribution in [0, 0.1) is 5.92 Å². The number of hydrogen-bond acceptors (Lipinski definition) is 3. The molecule has 0 bridgehead atoms. The van der Waals surface area contributed by atoms with E-state index in [1.165, 1.54) is 11.3 Å². The molecule has 1 N–H and O–H groups in total. The Morgan fingerprint density at radius 1 is 1.11 bits per heavy atom. The van der Waals surface area contributed by atoms with Crippen molar-refractivity contribution in [2.75, 3.05) is 18.0 Å². The van der Waals surface area contributed by atoms with Crippen LogP contribution in [0.2, 0.25) is 0 Å². The molecule has 6 nitrogen and oxygen atoms in total. The third-order valence-corrected chi connectivity index (χ3v) is 6.25. The summed E-state index contributed by atoms with van der Waals surface area (Å²) < 4.78 is 0. The van der Waals surface area contributed by atoms with Gasteiger partial charge in [0.1, 0.15) is 12.6 Å². The Morgan fingerprint density at radius 3 is 2.70 bits per heavy atom. The van der Waals surface area contributed by atoms with Crippen LogP contribution in [0.5, 0.6) is 0 Å². The predicted molar refractivity (Wildman–Crippen MR) is 102 cm³/mol. The summed E-state index contributed by atoms with van der Waals surface area (Å²) in [6.07, 6.45) is 5.95. The van der Waals surface area contributed by atoms with Crippen LogP contribution in [0.1, 0.15) is 55.8 Å². The van der Waals surface area contributed by atoms with E-state index in [4.69, 9.17) is 0 Å². The fourth-order valence-corrected chi connectivity index (χ4v) is 4.70. The zero-order valence-electron chi connectivity index (χ0n) is 15.8. The Bertz CT molecular complexity index is 763. The third-order valence-electron chi connectivity index (χ3n) is 6.25. The van der Waals surface area contributed by atoms with E-state index in [9.17, 15) is 14.4 Å². The molecule has 0 radical (unpaired) electrons. The zero-order valence-corrected chi connectivity index (χ0v) is 15.8. The van der Waals surface area contributed by atoms with Crippen LogP contribution in [0.4, 0.5) is 5.69 Å². The number of hydrogen-bond donors (Lipinski definition) is 1. The minimum atomic E-state index is -0.452. The van der Waals surface area contributed by atoms with Crippen LogP contribution in [0.15, 0.2) is 24.3 Å². The van der Waals surface area contributed by atoms with Gasteiger partial charge < -0.3 is 15.1 Å². The molecule has 2 fully saturated rings.